The van der Waals surface area contributed by atoms with Crippen molar-refractivity contribution in [3.05, 3.63) is 59.5 Å². The maximum absolute atomic E-state index is 4.54. The Bertz CT molecular complexity index is 720. The molecular weight excluding hydrogens is 292 g/mol. The number of likely N-dealkylation sites (tertiary alicyclic amines) is 1. The normalized spacial score (nSPS) is 18.8. The van der Waals surface area contributed by atoms with Crippen molar-refractivity contribution >= 4 is 11.3 Å². The van der Waals surface area contributed by atoms with Crippen molar-refractivity contribution in [2.75, 3.05) is 6.54 Å². The molecule has 3 aromatic rings. The van der Waals surface area contributed by atoms with Gasteiger partial charge in [-0.1, -0.05) is 6.07 Å². The Morgan fingerprint density at radius 3 is 3.05 bits per heavy atom. The molecule has 0 bridgehead atoms. The molecule has 0 amide bonds. The smallest absolute Gasteiger partial charge is 0.142 e. The minimum atomic E-state index is 0.510. The van der Waals surface area contributed by atoms with Crippen molar-refractivity contribution in [2.24, 2.45) is 0 Å². The molecule has 0 aromatic carbocycles. The Morgan fingerprint density at radius 1 is 1.23 bits per heavy atom. The number of rotatable bonds is 4. The third-order valence-electron chi connectivity index (χ3n) is 4.14. The number of thiazole rings is 1. The quantitative estimate of drug-likeness (QED) is 0.795. The van der Waals surface area contributed by atoms with E-state index in [-0.39, 0.29) is 0 Å². The Hall–Kier alpha value is -1.98. The van der Waals surface area contributed by atoms with Crippen LogP contribution in [0.2, 0.25) is 0 Å². The van der Waals surface area contributed by atoms with E-state index >= 15 is 0 Å². The summed E-state index contributed by atoms with van der Waals surface area (Å²) in [7, 11) is 0. The van der Waals surface area contributed by atoms with Crippen molar-refractivity contribution in [1.29, 1.82) is 0 Å². The highest BCUT2D eigenvalue weighted by atomic mass is 32.1. The van der Waals surface area contributed by atoms with Gasteiger partial charge in [0, 0.05) is 35.7 Å². The second-order valence-electron chi connectivity index (χ2n) is 5.60. The van der Waals surface area contributed by atoms with Crippen LogP contribution in [0.1, 0.15) is 29.5 Å². The van der Waals surface area contributed by atoms with Crippen molar-refractivity contribution in [3.63, 3.8) is 0 Å². The van der Waals surface area contributed by atoms with Crippen LogP contribution in [0.4, 0.5) is 0 Å². The van der Waals surface area contributed by atoms with E-state index < -0.39 is 0 Å². The number of H-pyrrole nitrogens is 1. The van der Waals surface area contributed by atoms with E-state index in [1.807, 2.05) is 36.8 Å². The van der Waals surface area contributed by atoms with Gasteiger partial charge in [0.15, 0.2) is 0 Å². The Balaban J connectivity index is 1.51. The fourth-order valence-electron chi connectivity index (χ4n) is 3.11. The standard InChI is InChI=1S/C17H18N4S/c1-2-8-19-15(5-1)17-20-11-13(22-17)12-21-10-4-7-16(21)14-6-3-9-18-14/h1-3,5-6,8-9,11,16,18H,4,7,10,12H2/t16-/m0/s1. The van der Waals surface area contributed by atoms with Gasteiger partial charge < -0.3 is 4.98 Å². The van der Waals surface area contributed by atoms with Crippen LogP contribution < -0.4 is 0 Å². The molecule has 1 aliphatic heterocycles. The Morgan fingerprint density at radius 2 is 2.23 bits per heavy atom. The van der Waals surface area contributed by atoms with Gasteiger partial charge in [-0.3, -0.25) is 9.88 Å². The first-order chi connectivity index (χ1) is 10.9. The fourth-order valence-corrected chi connectivity index (χ4v) is 4.02. The number of nitrogens with zero attached hydrogens (tertiary/aromatic N) is 3. The Kier molecular flexibility index (Phi) is 3.74. The first-order valence-corrected chi connectivity index (χ1v) is 8.45. The highest BCUT2D eigenvalue weighted by Gasteiger charge is 2.27. The molecule has 4 rings (SSSR count). The van der Waals surface area contributed by atoms with Crippen molar-refractivity contribution in [1.82, 2.24) is 19.9 Å². The number of hydrogen-bond acceptors (Lipinski definition) is 4. The molecule has 1 fully saturated rings. The summed E-state index contributed by atoms with van der Waals surface area (Å²) in [5.74, 6) is 0. The maximum atomic E-state index is 4.54. The summed E-state index contributed by atoms with van der Waals surface area (Å²) in [4.78, 5) is 16.1. The van der Waals surface area contributed by atoms with E-state index in [0.717, 1.165) is 23.8 Å². The molecule has 4 nitrogen and oxygen atoms in total. The lowest BCUT2D eigenvalue weighted by atomic mass is 10.1. The van der Waals surface area contributed by atoms with E-state index in [1.54, 1.807) is 11.3 Å². The van der Waals surface area contributed by atoms with E-state index in [1.165, 1.54) is 23.4 Å². The topological polar surface area (TPSA) is 44.8 Å². The highest BCUT2D eigenvalue weighted by molar-refractivity contribution is 7.14. The molecule has 5 heteroatoms. The van der Waals surface area contributed by atoms with Gasteiger partial charge in [0.2, 0.25) is 0 Å². The molecule has 3 aromatic heterocycles. The molecule has 0 aliphatic carbocycles. The first-order valence-electron chi connectivity index (χ1n) is 7.63. The van der Waals surface area contributed by atoms with Crippen molar-refractivity contribution in [3.8, 4) is 10.7 Å². The summed E-state index contributed by atoms with van der Waals surface area (Å²) in [5, 5.41) is 1.01. The molecule has 1 N–H and O–H groups in total. The van der Waals surface area contributed by atoms with Crippen molar-refractivity contribution < 1.29 is 0 Å². The highest BCUT2D eigenvalue weighted by Crippen LogP contribution is 2.33. The summed E-state index contributed by atoms with van der Waals surface area (Å²) in [5.41, 5.74) is 2.29. The molecule has 1 aliphatic rings. The second kappa shape index (κ2) is 6.02. The third-order valence-corrected chi connectivity index (χ3v) is 5.15. The van der Waals surface area contributed by atoms with Gasteiger partial charge >= 0.3 is 0 Å². The molecule has 0 saturated carbocycles. The SMILES string of the molecule is c1ccc(-c2ncc(CN3CCC[C@H]3c3ccc[nH]3)s2)nc1. The predicted molar refractivity (Wildman–Crippen MR) is 88.5 cm³/mol. The summed E-state index contributed by atoms with van der Waals surface area (Å²) < 4.78 is 0. The third kappa shape index (κ3) is 2.69. The molecule has 112 valence electrons. The fraction of sp³-hybridized carbons (Fsp3) is 0.294. The van der Waals surface area contributed by atoms with Crippen LogP contribution in [-0.4, -0.2) is 26.4 Å². The molecule has 22 heavy (non-hydrogen) atoms. The summed E-state index contributed by atoms with van der Waals surface area (Å²) in [6.07, 6.45) is 8.32. The maximum Gasteiger partial charge on any atom is 0.142 e. The average Bonchev–Trinajstić information content (AvgIpc) is 3.30. The largest absolute Gasteiger partial charge is 0.364 e. The van der Waals surface area contributed by atoms with Crippen LogP contribution in [0.3, 0.4) is 0 Å². The van der Waals surface area contributed by atoms with Crippen molar-refractivity contribution in [2.45, 2.75) is 25.4 Å². The molecule has 4 heterocycles. The zero-order chi connectivity index (χ0) is 14.8. The summed E-state index contributed by atoms with van der Waals surface area (Å²) in [6.45, 7) is 2.12. The van der Waals surface area contributed by atoms with Crippen LogP contribution in [0.5, 0.6) is 0 Å². The van der Waals surface area contributed by atoms with Gasteiger partial charge in [0.1, 0.15) is 5.01 Å². The lowest BCUT2D eigenvalue weighted by Gasteiger charge is -2.22. The van der Waals surface area contributed by atoms with Gasteiger partial charge in [-0.05, 0) is 43.7 Å². The summed E-state index contributed by atoms with van der Waals surface area (Å²) >= 11 is 1.75. The second-order valence-corrected chi connectivity index (χ2v) is 6.72. The Labute approximate surface area is 133 Å². The zero-order valence-corrected chi connectivity index (χ0v) is 13.1. The molecular formula is C17H18N4S. The molecule has 0 radical (unpaired) electrons. The monoisotopic (exact) mass is 310 g/mol. The average molecular weight is 310 g/mol. The number of nitrogens with one attached hydrogen (secondary N) is 1. The first kappa shape index (κ1) is 13.7. The van der Waals surface area contributed by atoms with Crippen LogP contribution in [0.15, 0.2) is 48.9 Å². The van der Waals surface area contributed by atoms with Crippen LogP contribution in [-0.2, 0) is 6.54 Å². The minimum absolute atomic E-state index is 0.510. The van der Waals surface area contributed by atoms with Crippen LogP contribution in [0.25, 0.3) is 10.7 Å². The van der Waals surface area contributed by atoms with E-state index in [4.69, 9.17) is 0 Å². The number of hydrogen-bond donors (Lipinski definition) is 1. The van der Waals surface area contributed by atoms with Gasteiger partial charge in [0.05, 0.1) is 11.7 Å². The zero-order valence-electron chi connectivity index (χ0n) is 12.3. The number of aromatic amines is 1. The van der Waals surface area contributed by atoms with Gasteiger partial charge in [0.25, 0.3) is 0 Å². The molecule has 1 saturated heterocycles. The lowest BCUT2D eigenvalue weighted by Crippen LogP contribution is -2.22. The van der Waals surface area contributed by atoms with Gasteiger partial charge in [-0.25, -0.2) is 4.98 Å². The van der Waals surface area contributed by atoms with E-state index in [2.05, 4.69) is 32.0 Å². The minimum Gasteiger partial charge on any atom is -0.364 e. The predicted octanol–water partition coefficient (Wildman–Crippen LogP) is 3.87. The van der Waals surface area contributed by atoms with E-state index in [9.17, 15) is 0 Å². The van der Waals surface area contributed by atoms with Crippen LogP contribution in [0, 0.1) is 0 Å². The summed E-state index contributed by atoms with van der Waals surface area (Å²) in [6, 6.07) is 10.7. The molecule has 1 atom stereocenters. The molecule has 0 unspecified atom stereocenters. The van der Waals surface area contributed by atoms with Gasteiger partial charge in [-0.15, -0.1) is 11.3 Å². The number of pyridine rings is 1. The van der Waals surface area contributed by atoms with E-state index in [0.29, 0.717) is 6.04 Å². The van der Waals surface area contributed by atoms with Crippen LogP contribution >= 0.6 is 11.3 Å². The lowest BCUT2D eigenvalue weighted by molar-refractivity contribution is 0.247. The van der Waals surface area contributed by atoms with Gasteiger partial charge in [-0.2, -0.15) is 0 Å². The molecule has 0 spiro atoms. The number of aromatic nitrogens is 3.